The highest BCUT2D eigenvalue weighted by molar-refractivity contribution is 5.31. The van der Waals surface area contributed by atoms with E-state index in [1.165, 1.54) is 19.3 Å². The molecule has 0 spiro atoms. The molecule has 0 amide bonds. The summed E-state index contributed by atoms with van der Waals surface area (Å²) < 4.78 is 0. The topological polar surface area (TPSA) is 24.7 Å². The van der Waals surface area contributed by atoms with Crippen LogP contribution in [0.5, 0.6) is 0 Å². The minimum absolute atomic E-state index is 0. The van der Waals surface area contributed by atoms with Gasteiger partial charge in [0, 0.05) is 12.1 Å². The maximum absolute atomic E-state index is 9.25. The number of hydrogen-bond acceptors (Lipinski definition) is 1. The summed E-state index contributed by atoms with van der Waals surface area (Å²) in [4.78, 5) is 0. The molecule has 3 rings (SSSR count). The van der Waals surface area contributed by atoms with Crippen molar-refractivity contribution in [3.05, 3.63) is 65.7 Å². The van der Waals surface area contributed by atoms with Crippen LogP contribution in [0.25, 0.3) is 0 Å². The first-order chi connectivity index (χ1) is 10.2. The van der Waals surface area contributed by atoms with Crippen LogP contribution in [0.4, 0.5) is 5.69 Å². The van der Waals surface area contributed by atoms with Crippen LogP contribution in [0.1, 0.15) is 51.2 Å². The molecule has 0 bridgehead atoms. The van der Waals surface area contributed by atoms with E-state index in [1.54, 1.807) is 11.1 Å². The minimum atomic E-state index is 0. The molecule has 0 saturated carbocycles. The Labute approximate surface area is 135 Å². The van der Waals surface area contributed by atoms with E-state index in [2.05, 4.69) is 31.2 Å². The van der Waals surface area contributed by atoms with Crippen molar-refractivity contribution in [2.24, 2.45) is 0 Å². The second kappa shape index (κ2) is 9.39. The molecule has 2 atom stereocenters. The van der Waals surface area contributed by atoms with E-state index in [0.717, 1.165) is 11.6 Å². The van der Waals surface area contributed by atoms with Gasteiger partial charge in [0.15, 0.2) is 5.69 Å². The number of rotatable bonds is 2. The summed E-state index contributed by atoms with van der Waals surface area (Å²) in [6.45, 7) is 4.96. The Morgan fingerprint density at radius 2 is 1.68 bits per heavy atom. The van der Waals surface area contributed by atoms with E-state index in [9.17, 15) is 5.21 Å². The first-order valence-corrected chi connectivity index (χ1v) is 7.90. The van der Waals surface area contributed by atoms with E-state index >= 15 is 0 Å². The van der Waals surface area contributed by atoms with Gasteiger partial charge in [0.05, 0.1) is 0 Å². The van der Waals surface area contributed by atoms with E-state index in [4.69, 9.17) is 0 Å². The van der Waals surface area contributed by atoms with E-state index in [1.807, 2.05) is 37.3 Å². The van der Waals surface area contributed by atoms with Gasteiger partial charge in [-0.2, -0.15) is 5.06 Å². The van der Waals surface area contributed by atoms with Gasteiger partial charge in [0.2, 0.25) is 0 Å². The average molecular weight is 300 g/mol. The Hall–Kier alpha value is -1.64. The van der Waals surface area contributed by atoms with Crippen molar-refractivity contribution in [3.8, 4) is 0 Å². The summed E-state index contributed by atoms with van der Waals surface area (Å²) in [7, 11) is 0. The molecule has 2 unspecified atom stereocenters. The van der Waals surface area contributed by atoms with Crippen LogP contribution in [0, 0.1) is 0 Å². The summed E-state index contributed by atoms with van der Waals surface area (Å²) >= 11 is 0. The van der Waals surface area contributed by atoms with Crippen LogP contribution >= 0.6 is 0 Å². The minimum Gasteiger partial charge on any atom is -0.213 e. The van der Waals surface area contributed by atoms with E-state index in [0.29, 0.717) is 11.6 Å². The summed E-state index contributed by atoms with van der Waals surface area (Å²) in [5.74, 6) is 0.792. The van der Waals surface area contributed by atoms with Crippen molar-refractivity contribution in [3.63, 3.8) is 0 Å². The molecule has 0 saturated heterocycles. The smallest absolute Gasteiger partial charge is 0.163 e. The Bertz CT molecular complexity index is 538. The zero-order valence-electron chi connectivity index (χ0n) is 13.0. The Balaban J connectivity index is 0.000000212. The van der Waals surface area contributed by atoms with Crippen molar-refractivity contribution < 1.29 is 10.3 Å². The van der Waals surface area contributed by atoms with Crippen LogP contribution < -0.4 is 5.06 Å². The monoisotopic (exact) mass is 300 g/mol. The highest BCUT2D eigenvalue weighted by Crippen LogP contribution is 2.30. The Morgan fingerprint density at radius 3 is 2.32 bits per heavy atom. The van der Waals surface area contributed by atoms with Gasteiger partial charge in [-0.1, -0.05) is 56.8 Å². The lowest BCUT2D eigenvalue weighted by atomic mass is 9.84. The zero-order valence-corrected chi connectivity index (χ0v) is 13.0. The maximum Gasteiger partial charge on any atom is 0.163 e. The molecule has 0 radical (unpaired) electrons. The van der Waals surface area contributed by atoms with Crippen molar-refractivity contribution in [2.75, 3.05) is 6.54 Å². The summed E-state index contributed by atoms with van der Waals surface area (Å²) in [6.07, 6.45) is 4.04. The lowest BCUT2D eigenvalue weighted by Crippen LogP contribution is -3.04. The van der Waals surface area contributed by atoms with Gasteiger partial charge in [-0.15, -0.1) is 0 Å². The molecule has 2 nitrogen and oxygen atoms in total. The average Bonchev–Trinajstić information content (AvgIpc) is 2.56. The lowest BCUT2D eigenvalue weighted by Gasteiger charge is -2.21. The van der Waals surface area contributed by atoms with E-state index < -0.39 is 0 Å². The fourth-order valence-electron chi connectivity index (χ4n) is 2.83. The highest BCUT2D eigenvalue weighted by atomic mass is 16.5. The second-order valence-corrected chi connectivity index (χ2v) is 5.66. The first-order valence-electron chi connectivity index (χ1n) is 7.90. The number of para-hydroxylation sites is 1. The van der Waals surface area contributed by atoms with Crippen molar-refractivity contribution >= 4 is 5.69 Å². The molecular formula is C20H30NO+. The Kier molecular flexibility index (Phi) is 7.86. The Morgan fingerprint density at radius 1 is 1.05 bits per heavy atom. The third kappa shape index (κ3) is 4.97. The fraction of sp³-hybridized carbons (Fsp3) is 0.400. The molecule has 0 aromatic heterocycles. The zero-order chi connectivity index (χ0) is 15.1. The number of quaternary nitrogens is 1. The molecular weight excluding hydrogens is 270 g/mol. The largest absolute Gasteiger partial charge is 0.213 e. The standard InChI is InChI=1S/C11H14.C8H11NO.CH4/c1-9-5-4-7-10-6-2-3-8-11(9)10;1-2-9(10)8-6-4-3-5-7-8;/h2-3,6,8-9H,4-5,7H2,1H3;3-7,10H,2H2,1H3;1H4/p+1. The predicted molar refractivity (Wildman–Crippen MR) is 93.9 cm³/mol. The van der Waals surface area contributed by atoms with Crippen LogP contribution in [-0.2, 0) is 6.42 Å². The SMILES string of the molecule is C.CC1CCCc2ccccc21.CC[NH+](O)c1ccccc1. The van der Waals surface area contributed by atoms with Gasteiger partial charge in [-0.3, -0.25) is 0 Å². The number of aryl methyl sites for hydroxylation is 1. The van der Waals surface area contributed by atoms with Gasteiger partial charge in [0.1, 0.15) is 6.54 Å². The molecule has 0 fully saturated rings. The molecule has 1 aliphatic carbocycles. The third-order valence-corrected chi connectivity index (χ3v) is 4.11. The number of nitrogens with one attached hydrogen (secondary N) is 1. The number of hydroxylamine groups is 1. The van der Waals surface area contributed by atoms with E-state index in [-0.39, 0.29) is 7.43 Å². The lowest BCUT2D eigenvalue weighted by molar-refractivity contribution is -1.03. The number of hydrogen-bond donors (Lipinski definition) is 2. The normalized spacial score (nSPS) is 17.3. The molecule has 2 N–H and O–H groups in total. The molecule has 2 aromatic carbocycles. The summed E-state index contributed by atoms with van der Waals surface area (Å²) in [5, 5.41) is 9.70. The van der Waals surface area contributed by atoms with Gasteiger partial charge < -0.3 is 0 Å². The molecule has 1 aliphatic rings. The van der Waals surface area contributed by atoms with Crippen LogP contribution in [-0.4, -0.2) is 11.8 Å². The first kappa shape index (κ1) is 18.4. The van der Waals surface area contributed by atoms with Gasteiger partial charge in [-0.25, -0.2) is 5.21 Å². The quantitative estimate of drug-likeness (QED) is 0.791. The number of benzene rings is 2. The molecule has 0 heterocycles. The third-order valence-electron chi connectivity index (χ3n) is 4.11. The van der Waals surface area contributed by atoms with Crippen LogP contribution in [0.2, 0.25) is 0 Å². The molecule has 2 aromatic rings. The van der Waals surface area contributed by atoms with Crippen molar-refractivity contribution in [1.82, 2.24) is 0 Å². The van der Waals surface area contributed by atoms with Crippen molar-refractivity contribution in [2.45, 2.75) is 46.5 Å². The summed E-state index contributed by atoms with van der Waals surface area (Å²) in [5.41, 5.74) is 4.08. The summed E-state index contributed by atoms with van der Waals surface area (Å²) in [6, 6.07) is 18.4. The van der Waals surface area contributed by atoms with Gasteiger partial charge in [0.25, 0.3) is 0 Å². The second-order valence-electron chi connectivity index (χ2n) is 5.66. The highest BCUT2D eigenvalue weighted by Gasteiger charge is 2.14. The fourth-order valence-corrected chi connectivity index (χ4v) is 2.83. The van der Waals surface area contributed by atoms with Crippen molar-refractivity contribution in [1.29, 1.82) is 0 Å². The maximum atomic E-state index is 9.25. The van der Waals surface area contributed by atoms with Gasteiger partial charge >= 0.3 is 0 Å². The molecule has 120 valence electrons. The predicted octanol–water partition coefficient (Wildman–Crippen LogP) is 4.37. The molecule has 2 heteroatoms. The van der Waals surface area contributed by atoms with Crippen LogP contribution in [0.3, 0.4) is 0 Å². The molecule has 0 aliphatic heterocycles. The van der Waals surface area contributed by atoms with Gasteiger partial charge in [-0.05, 0) is 43.2 Å². The van der Waals surface area contributed by atoms with Crippen LogP contribution in [0.15, 0.2) is 54.6 Å². The molecule has 22 heavy (non-hydrogen) atoms. The number of fused-ring (bicyclic) bond motifs is 1.